The summed E-state index contributed by atoms with van der Waals surface area (Å²) in [6.45, 7) is 15.1. The zero-order chi connectivity index (χ0) is 25.1. The van der Waals surface area contributed by atoms with Crippen LogP contribution in [0.5, 0.6) is 0 Å². The lowest BCUT2D eigenvalue weighted by molar-refractivity contribution is -0.232. The summed E-state index contributed by atoms with van der Waals surface area (Å²) in [5, 5.41) is 44.2. The van der Waals surface area contributed by atoms with Gasteiger partial charge in [-0.05, 0) is 105 Å². The maximum Gasteiger partial charge on any atom is 0.312 e. The van der Waals surface area contributed by atoms with Crippen LogP contribution in [0.2, 0.25) is 0 Å². The molecule has 5 aliphatic carbocycles. The van der Waals surface area contributed by atoms with E-state index in [0.717, 1.165) is 38.5 Å². The molecule has 0 radical (unpaired) electrons. The Kier molecular flexibility index (Phi) is 5.33. The summed E-state index contributed by atoms with van der Waals surface area (Å²) in [4.78, 5) is 12.5. The Morgan fingerprint density at radius 2 is 1.71 bits per heavy atom. The summed E-state index contributed by atoms with van der Waals surface area (Å²) >= 11 is 0. The Bertz CT molecular complexity index is 901. The molecule has 0 aromatic rings. The molecule has 2 spiro atoms. The summed E-state index contributed by atoms with van der Waals surface area (Å²) < 4.78 is 0. The van der Waals surface area contributed by atoms with Crippen LogP contribution >= 0.6 is 0 Å². The highest BCUT2D eigenvalue weighted by Crippen LogP contribution is 2.89. The summed E-state index contributed by atoms with van der Waals surface area (Å²) in [6.07, 6.45) is 5.41. The zero-order valence-corrected chi connectivity index (χ0v) is 21.8. The van der Waals surface area contributed by atoms with Gasteiger partial charge in [-0.25, -0.2) is 0 Å². The number of carboxylic acids is 1. The van der Waals surface area contributed by atoms with E-state index in [1.165, 1.54) is 12.0 Å². The molecule has 0 unspecified atom stereocenters. The molecule has 5 rings (SSSR count). The lowest BCUT2D eigenvalue weighted by atomic mass is 9.40. The van der Waals surface area contributed by atoms with Crippen molar-refractivity contribution in [2.24, 2.45) is 50.7 Å². The van der Waals surface area contributed by atoms with Gasteiger partial charge in [-0.1, -0.05) is 26.3 Å². The quantitative estimate of drug-likeness (QED) is 0.430. The molecule has 0 saturated heterocycles. The van der Waals surface area contributed by atoms with E-state index in [-0.39, 0.29) is 28.6 Å². The Morgan fingerprint density at radius 1 is 1.03 bits per heavy atom. The van der Waals surface area contributed by atoms with E-state index in [9.17, 15) is 25.2 Å². The predicted octanol–water partition coefficient (Wildman–Crippen LogP) is 4.79. The van der Waals surface area contributed by atoms with E-state index >= 15 is 0 Å². The molecule has 5 saturated carbocycles. The van der Waals surface area contributed by atoms with Gasteiger partial charge in [0.15, 0.2) is 0 Å². The molecule has 4 N–H and O–H groups in total. The minimum Gasteiger partial charge on any atom is -0.481 e. The van der Waals surface area contributed by atoms with Gasteiger partial charge in [0, 0.05) is 11.8 Å². The molecule has 0 aliphatic heterocycles. The summed E-state index contributed by atoms with van der Waals surface area (Å²) in [5.74, 6) is -0.109. The number of rotatable bonds is 5. The van der Waals surface area contributed by atoms with Gasteiger partial charge < -0.3 is 20.4 Å². The minimum atomic E-state index is -1.33. The number of aliphatic hydroxyl groups is 3. The second-order valence-electron chi connectivity index (χ2n) is 14.0. The van der Waals surface area contributed by atoms with Crippen molar-refractivity contribution >= 4 is 5.97 Å². The zero-order valence-electron chi connectivity index (χ0n) is 21.8. The highest BCUT2D eigenvalue weighted by Gasteiger charge is 2.87. The molecule has 5 aliphatic rings. The number of hydrogen-bond donors (Lipinski definition) is 4. The summed E-state index contributed by atoms with van der Waals surface area (Å²) in [6, 6.07) is 0. The molecule has 5 fully saturated rings. The van der Waals surface area contributed by atoms with Gasteiger partial charge >= 0.3 is 5.97 Å². The molecule has 0 aromatic heterocycles. The Hall–Kier alpha value is -0.910. The molecule has 34 heavy (non-hydrogen) atoms. The van der Waals surface area contributed by atoms with E-state index in [1.807, 2.05) is 0 Å². The maximum absolute atomic E-state index is 12.5. The van der Waals surface area contributed by atoms with Crippen LogP contribution in [0.25, 0.3) is 0 Å². The van der Waals surface area contributed by atoms with Crippen LogP contribution < -0.4 is 0 Å². The molecule has 5 nitrogen and oxygen atoms in total. The average Bonchev–Trinajstić information content (AvgIpc) is 3.34. The van der Waals surface area contributed by atoms with Crippen molar-refractivity contribution in [3.8, 4) is 0 Å². The van der Waals surface area contributed by atoms with Crippen LogP contribution in [0.4, 0.5) is 0 Å². The van der Waals surface area contributed by atoms with Gasteiger partial charge in [-0.2, -0.15) is 0 Å². The van der Waals surface area contributed by atoms with Crippen molar-refractivity contribution in [1.82, 2.24) is 0 Å². The Morgan fingerprint density at radius 3 is 2.32 bits per heavy atom. The Labute approximate surface area is 205 Å². The normalized spacial score (nSPS) is 56.5. The molecule has 0 aromatic carbocycles. The largest absolute Gasteiger partial charge is 0.481 e. The molecule has 0 amide bonds. The van der Waals surface area contributed by atoms with Crippen molar-refractivity contribution in [2.45, 2.75) is 111 Å². The van der Waals surface area contributed by atoms with Gasteiger partial charge in [0.1, 0.15) is 0 Å². The van der Waals surface area contributed by atoms with Crippen molar-refractivity contribution in [3.63, 3.8) is 0 Å². The van der Waals surface area contributed by atoms with E-state index in [0.29, 0.717) is 18.3 Å². The molecule has 5 heteroatoms. The SMILES string of the molecule is C=C(C)CC[C@@H](C)[C@H]1CC[C@@]2(C)[C@@H]3[C@@H](O)C[C@H]4[C@](C)(C(=O)O)[C@@H](O)C[C@H](O)[C@@]45C[C@@]35CC[C@]12C. The highest BCUT2D eigenvalue weighted by molar-refractivity contribution is 5.76. The maximum atomic E-state index is 12.5. The topological polar surface area (TPSA) is 98.0 Å². The van der Waals surface area contributed by atoms with Crippen LogP contribution in [0, 0.1) is 50.7 Å². The first-order valence-electron chi connectivity index (χ1n) is 13.6. The lowest BCUT2D eigenvalue weighted by Gasteiger charge is -2.64. The van der Waals surface area contributed by atoms with Gasteiger partial charge in [0.2, 0.25) is 0 Å². The third kappa shape index (κ3) is 2.65. The van der Waals surface area contributed by atoms with Crippen molar-refractivity contribution in [1.29, 1.82) is 0 Å². The number of hydrogen-bond acceptors (Lipinski definition) is 4. The summed E-state index contributed by atoms with van der Waals surface area (Å²) in [7, 11) is 0. The van der Waals surface area contributed by atoms with Gasteiger partial charge in [0.25, 0.3) is 0 Å². The fourth-order valence-corrected chi connectivity index (χ4v) is 11.0. The number of carboxylic acid groups (broad SMARTS) is 1. The molecule has 0 heterocycles. The fourth-order valence-electron chi connectivity index (χ4n) is 11.0. The average molecular weight is 475 g/mol. The standard InChI is InChI=1S/C29H46O5/c1-16(2)7-8-17(3)18-9-10-26(5)23-19(30)13-20-27(6,24(33)34)21(31)14-22(32)29(20)15-28(23,29)12-11-25(18,26)4/h17-23,30-32H,1,7-15H2,2-6H3,(H,33,34)/t17-,18-,19+,20+,21+,22+,23+,25-,26+,27+,28+,29-/m1/s1. The fraction of sp³-hybridized carbons (Fsp3) is 0.897. The van der Waals surface area contributed by atoms with E-state index < -0.39 is 41.0 Å². The van der Waals surface area contributed by atoms with Crippen LogP contribution in [-0.2, 0) is 4.79 Å². The molecular weight excluding hydrogens is 428 g/mol. The molecule has 0 bridgehead atoms. The first-order valence-corrected chi connectivity index (χ1v) is 13.6. The Balaban J connectivity index is 1.52. The lowest BCUT2D eigenvalue weighted by Crippen LogP contribution is -2.66. The summed E-state index contributed by atoms with van der Waals surface area (Å²) in [5.41, 5.74) is -0.691. The van der Waals surface area contributed by atoms with Crippen LogP contribution in [0.1, 0.15) is 92.4 Å². The highest BCUT2D eigenvalue weighted by atomic mass is 16.4. The third-order valence-electron chi connectivity index (χ3n) is 13.0. The van der Waals surface area contributed by atoms with E-state index in [4.69, 9.17) is 0 Å². The number of fused-ring (bicyclic) bond motifs is 2. The molecule has 192 valence electrons. The number of aliphatic hydroxyl groups excluding tert-OH is 3. The van der Waals surface area contributed by atoms with Crippen molar-refractivity contribution in [3.05, 3.63) is 12.2 Å². The van der Waals surface area contributed by atoms with E-state index in [1.54, 1.807) is 6.92 Å². The second-order valence-corrected chi connectivity index (χ2v) is 14.0. The van der Waals surface area contributed by atoms with Crippen molar-refractivity contribution < 1.29 is 25.2 Å². The number of allylic oxidation sites excluding steroid dienone is 1. The number of aliphatic carboxylic acids is 1. The van der Waals surface area contributed by atoms with Crippen LogP contribution in [0.15, 0.2) is 12.2 Å². The van der Waals surface area contributed by atoms with Gasteiger partial charge in [-0.15, -0.1) is 6.58 Å². The van der Waals surface area contributed by atoms with Crippen LogP contribution in [-0.4, -0.2) is 44.7 Å². The molecule has 12 atom stereocenters. The monoisotopic (exact) mass is 474 g/mol. The number of carbonyl (C=O) groups is 1. The minimum absolute atomic E-state index is 0.0311. The third-order valence-corrected chi connectivity index (χ3v) is 13.0. The molecular formula is C29H46O5. The van der Waals surface area contributed by atoms with Crippen molar-refractivity contribution in [2.75, 3.05) is 0 Å². The predicted molar refractivity (Wildman–Crippen MR) is 131 cm³/mol. The first kappa shape index (κ1) is 24.8. The van der Waals surface area contributed by atoms with E-state index in [2.05, 4.69) is 34.3 Å². The first-order chi connectivity index (χ1) is 15.7. The van der Waals surface area contributed by atoms with Crippen LogP contribution in [0.3, 0.4) is 0 Å². The second kappa shape index (κ2) is 7.32. The van der Waals surface area contributed by atoms with Gasteiger partial charge in [-0.3, -0.25) is 4.79 Å². The van der Waals surface area contributed by atoms with Gasteiger partial charge in [0.05, 0.1) is 23.7 Å². The smallest absolute Gasteiger partial charge is 0.312 e.